The van der Waals surface area contributed by atoms with Gasteiger partial charge in [0.2, 0.25) is 5.95 Å². The molecule has 0 amide bonds. The molecule has 304 valence electrons. The maximum Gasteiger partial charge on any atom is 0.220 e. The van der Waals surface area contributed by atoms with Gasteiger partial charge in [0.1, 0.15) is 0 Å². The van der Waals surface area contributed by atoms with Crippen molar-refractivity contribution < 1.29 is 0 Å². The predicted molar refractivity (Wildman–Crippen MR) is 264 cm³/mol. The second-order valence-electron chi connectivity index (χ2n) is 16.7. The quantitative estimate of drug-likeness (QED) is 0.167. The molecule has 0 N–H and O–H groups in total. The Kier molecular flexibility index (Phi) is 8.36. The molecule has 1 aliphatic carbocycles. The third-order valence-electron chi connectivity index (χ3n) is 13.3. The maximum absolute atomic E-state index is 5.40. The van der Waals surface area contributed by atoms with Crippen LogP contribution in [0.4, 0.5) is 17.3 Å². The lowest BCUT2D eigenvalue weighted by Gasteiger charge is -2.33. The van der Waals surface area contributed by atoms with E-state index in [0.717, 1.165) is 73.2 Å². The number of anilines is 3. The van der Waals surface area contributed by atoms with E-state index in [1.54, 1.807) is 0 Å². The smallest absolute Gasteiger partial charge is 0.220 e. The van der Waals surface area contributed by atoms with Crippen LogP contribution < -0.4 is 4.90 Å². The second-order valence-corrected chi connectivity index (χ2v) is 16.7. The zero-order chi connectivity index (χ0) is 42.9. The lowest BCUT2D eigenvalue weighted by molar-refractivity contribution is 0.768. The molecule has 0 atom stereocenters. The van der Waals surface area contributed by atoms with Crippen molar-refractivity contribution in [1.82, 2.24) is 19.5 Å². The van der Waals surface area contributed by atoms with Crippen LogP contribution in [0.5, 0.6) is 0 Å². The largest absolute Gasteiger partial charge is 0.280 e. The molecule has 1 aliphatic heterocycles. The average molecular weight is 830 g/mol. The SMILES string of the molecule is c1ccc(-c2nc(-c3ccc(N4c5ccccc5-c5ccccc5-n5c4nc4ccccc45)cc3)cc(-c3cccc4c3-c3ccccc3C4(c3ccccc3)c3ccccc3)n2)cc1. The summed E-state index contributed by atoms with van der Waals surface area (Å²) in [5, 5.41) is 0. The van der Waals surface area contributed by atoms with Crippen LogP contribution in [0.25, 0.3) is 72.9 Å². The molecule has 0 radical (unpaired) electrons. The number of nitrogens with zero attached hydrogens (tertiary/aromatic N) is 5. The van der Waals surface area contributed by atoms with Gasteiger partial charge >= 0.3 is 0 Å². The van der Waals surface area contributed by atoms with Gasteiger partial charge in [0.15, 0.2) is 5.82 Å². The van der Waals surface area contributed by atoms with Gasteiger partial charge in [-0.2, -0.15) is 0 Å². The predicted octanol–water partition coefficient (Wildman–Crippen LogP) is 14.6. The van der Waals surface area contributed by atoms with Gasteiger partial charge in [0.05, 0.1) is 39.2 Å². The van der Waals surface area contributed by atoms with Gasteiger partial charge in [0.25, 0.3) is 0 Å². The average Bonchev–Trinajstić information content (AvgIpc) is 3.88. The molecule has 5 nitrogen and oxygen atoms in total. The van der Waals surface area contributed by atoms with E-state index in [2.05, 4.69) is 240 Å². The van der Waals surface area contributed by atoms with Crippen molar-refractivity contribution in [3.05, 3.63) is 259 Å². The Hall–Kier alpha value is -8.67. The number of aromatic nitrogens is 4. The monoisotopic (exact) mass is 829 g/mol. The number of hydrogen-bond donors (Lipinski definition) is 0. The van der Waals surface area contributed by atoms with E-state index < -0.39 is 5.41 Å². The fourth-order valence-corrected chi connectivity index (χ4v) is 10.5. The van der Waals surface area contributed by atoms with E-state index in [9.17, 15) is 0 Å². The van der Waals surface area contributed by atoms with Gasteiger partial charge < -0.3 is 0 Å². The summed E-state index contributed by atoms with van der Waals surface area (Å²) in [5.74, 6) is 1.52. The van der Waals surface area contributed by atoms with Crippen LogP contribution in [0.1, 0.15) is 22.3 Å². The lowest BCUT2D eigenvalue weighted by atomic mass is 9.67. The van der Waals surface area contributed by atoms with Gasteiger partial charge in [-0.1, -0.05) is 194 Å². The normalized spacial score (nSPS) is 13.0. The van der Waals surface area contributed by atoms with Crippen LogP contribution >= 0.6 is 0 Å². The van der Waals surface area contributed by atoms with Crippen molar-refractivity contribution in [2.24, 2.45) is 0 Å². The Morgan fingerprint density at radius 3 is 1.66 bits per heavy atom. The van der Waals surface area contributed by atoms with Gasteiger partial charge in [-0.15, -0.1) is 0 Å². The van der Waals surface area contributed by atoms with E-state index in [1.807, 2.05) is 6.07 Å². The standard InChI is InChI=1S/C60H39N5/c1-4-19-41(20-5-1)58-61-52(39-53(62-58)48-28-18-30-50-57(48)47-27-10-13-29-49(47)60(50,42-21-6-2-7-22-42)43-23-8-3-9-24-43)40-35-37-44(38-36-40)64-54-32-15-11-25-45(54)46-26-12-16-33-55(46)65-56-34-17-14-31-51(56)63-59(64)65/h1-39H. The highest BCUT2D eigenvalue weighted by atomic mass is 15.3. The Morgan fingerprint density at radius 2 is 0.923 bits per heavy atom. The number of fused-ring (bicyclic) bond motifs is 10. The molecule has 2 aromatic heterocycles. The maximum atomic E-state index is 5.40. The minimum Gasteiger partial charge on any atom is -0.280 e. The molecule has 0 spiro atoms. The summed E-state index contributed by atoms with van der Waals surface area (Å²) in [4.78, 5) is 18.3. The van der Waals surface area contributed by atoms with Crippen molar-refractivity contribution in [3.8, 4) is 61.8 Å². The first kappa shape index (κ1) is 36.9. The summed E-state index contributed by atoms with van der Waals surface area (Å²) >= 11 is 0. The van der Waals surface area contributed by atoms with Crippen LogP contribution in [0, 0.1) is 0 Å². The second kappa shape index (κ2) is 14.7. The molecule has 11 aromatic rings. The van der Waals surface area contributed by atoms with Crippen molar-refractivity contribution in [3.63, 3.8) is 0 Å². The van der Waals surface area contributed by atoms with Crippen LogP contribution in [0.15, 0.2) is 237 Å². The van der Waals surface area contributed by atoms with E-state index in [-0.39, 0.29) is 0 Å². The molecule has 0 saturated carbocycles. The number of para-hydroxylation sites is 4. The van der Waals surface area contributed by atoms with E-state index in [1.165, 1.54) is 33.4 Å². The van der Waals surface area contributed by atoms with Gasteiger partial charge in [-0.25, -0.2) is 15.0 Å². The topological polar surface area (TPSA) is 46.8 Å². The summed E-state index contributed by atoms with van der Waals surface area (Å²) < 4.78 is 2.29. The van der Waals surface area contributed by atoms with Gasteiger partial charge in [-0.05, 0) is 75.8 Å². The molecule has 13 rings (SSSR count). The molecular formula is C60H39N5. The highest BCUT2D eigenvalue weighted by molar-refractivity contribution is 5.98. The van der Waals surface area contributed by atoms with Crippen LogP contribution in [-0.4, -0.2) is 19.5 Å². The minimum atomic E-state index is -0.522. The molecule has 0 fully saturated rings. The third kappa shape index (κ3) is 5.62. The van der Waals surface area contributed by atoms with Crippen molar-refractivity contribution in [2.45, 2.75) is 5.41 Å². The first-order chi connectivity index (χ1) is 32.3. The van der Waals surface area contributed by atoms with Crippen molar-refractivity contribution in [2.75, 3.05) is 4.90 Å². The highest BCUT2D eigenvalue weighted by Gasteiger charge is 2.47. The van der Waals surface area contributed by atoms with Crippen LogP contribution in [0.2, 0.25) is 0 Å². The number of imidazole rings is 1. The van der Waals surface area contributed by atoms with E-state index in [0.29, 0.717) is 5.82 Å². The molecule has 5 heteroatoms. The summed E-state index contributed by atoms with van der Waals surface area (Å²) in [6.45, 7) is 0. The zero-order valence-electron chi connectivity index (χ0n) is 35.3. The molecule has 0 unspecified atom stereocenters. The van der Waals surface area contributed by atoms with Crippen molar-refractivity contribution >= 4 is 28.4 Å². The zero-order valence-corrected chi connectivity index (χ0v) is 35.3. The Balaban J connectivity index is 0.997. The molecule has 3 heterocycles. The summed E-state index contributed by atoms with van der Waals surface area (Å²) in [6.07, 6.45) is 0. The molecule has 65 heavy (non-hydrogen) atoms. The highest BCUT2D eigenvalue weighted by Crippen LogP contribution is 2.58. The minimum absolute atomic E-state index is 0.522. The summed E-state index contributed by atoms with van der Waals surface area (Å²) in [7, 11) is 0. The van der Waals surface area contributed by atoms with Gasteiger partial charge in [0, 0.05) is 33.5 Å². The molecule has 9 aromatic carbocycles. The number of benzene rings is 9. The van der Waals surface area contributed by atoms with E-state index in [4.69, 9.17) is 15.0 Å². The Labute approximate surface area is 377 Å². The first-order valence-electron chi connectivity index (χ1n) is 22.1. The molecule has 0 bridgehead atoms. The number of rotatable bonds is 6. The first-order valence-corrected chi connectivity index (χ1v) is 22.1. The summed E-state index contributed by atoms with van der Waals surface area (Å²) in [6, 6.07) is 84.4. The molecule has 2 aliphatic rings. The molecule has 0 saturated heterocycles. The van der Waals surface area contributed by atoms with Crippen molar-refractivity contribution in [1.29, 1.82) is 0 Å². The Morgan fingerprint density at radius 1 is 0.369 bits per heavy atom. The van der Waals surface area contributed by atoms with E-state index >= 15 is 0 Å². The Bertz CT molecular complexity index is 3560. The fourth-order valence-electron chi connectivity index (χ4n) is 10.5. The van der Waals surface area contributed by atoms with Crippen LogP contribution in [0.3, 0.4) is 0 Å². The number of hydrogen-bond acceptors (Lipinski definition) is 4. The van der Waals surface area contributed by atoms with Gasteiger partial charge in [-0.3, -0.25) is 9.47 Å². The molecular weight excluding hydrogens is 791 g/mol. The van der Waals surface area contributed by atoms with Crippen LogP contribution in [-0.2, 0) is 5.41 Å². The lowest BCUT2D eigenvalue weighted by Crippen LogP contribution is -2.28. The fraction of sp³-hybridized carbons (Fsp3) is 0.0167. The summed E-state index contributed by atoms with van der Waals surface area (Å²) in [5.41, 5.74) is 19.1. The third-order valence-corrected chi connectivity index (χ3v) is 13.3.